The Balaban J connectivity index is 2.23. The van der Waals surface area contributed by atoms with E-state index in [2.05, 4.69) is 34.4 Å². The topological polar surface area (TPSA) is 49.8 Å². The number of alkyl halides is 3. The lowest BCUT2D eigenvalue weighted by Gasteiger charge is -2.21. The predicted molar refractivity (Wildman–Crippen MR) is 71.6 cm³/mol. The Hall–Kier alpha value is -1.53. The average Bonchev–Trinajstić information content (AvgIpc) is 2.69. The number of hydrogen-bond donors (Lipinski definition) is 2. The molecule has 1 aliphatic rings. The van der Waals surface area contributed by atoms with Crippen molar-refractivity contribution in [2.45, 2.75) is 38.9 Å². The SMILES string of the molecule is CNc1nc(NC2CCC(C)C2C)cc(C(F)(F)F)n1. The molecule has 1 saturated carbocycles. The lowest BCUT2D eigenvalue weighted by Crippen LogP contribution is -2.25. The fraction of sp³-hybridized carbons (Fsp3) is 0.692. The van der Waals surface area contributed by atoms with Crippen molar-refractivity contribution in [2.75, 3.05) is 17.7 Å². The lowest BCUT2D eigenvalue weighted by atomic mass is 9.98. The van der Waals surface area contributed by atoms with Crippen LogP contribution in [0.25, 0.3) is 0 Å². The average molecular weight is 288 g/mol. The van der Waals surface area contributed by atoms with Gasteiger partial charge in [0.25, 0.3) is 0 Å². The van der Waals surface area contributed by atoms with Crippen molar-refractivity contribution >= 4 is 11.8 Å². The molecule has 0 amide bonds. The standard InChI is InChI=1S/C13H19F3N4/c1-7-4-5-9(8(7)2)18-11-6-10(13(14,15)16)19-12(17-3)20-11/h6-9H,4-5H2,1-3H3,(H2,17,18,19,20). The van der Waals surface area contributed by atoms with E-state index in [0.717, 1.165) is 18.9 Å². The highest BCUT2D eigenvalue weighted by Gasteiger charge is 2.35. The molecule has 1 heterocycles. The van der Waals surface area contributed by atoms with Crippen molar-refractivity contribution in [3.8, 4) is 0 Å². The summed E-state index contributed by atoms with van der Waals surface area (Å²) >= 11 is 0. The molecule has 0 aliphatic heterocycles. The molecule has 7 heteroatoms. The van der Waals surface area contributed by atoms with Crippen LogP contribution in [0.15, 0.2) is 6.07 Å². The van der Waals surface area contributed by atoms with E-state index in [1.54, 1.807) is 0 Å². The Morgan fingerprint density at radius 3 is 2.40 bits per heavy atom. The van der Waals surface area contributed by atoms with Crippen molar-refractivity contribution in [3.05, 3.63) is 11.8 Å². The van der Waals surface area contributed by atoms with Gasteiger partial charge in [0, 0.05) is 19.2 Å². The van der Waals surface area contributed by atoms with Crippen LogP contribution < -0.4 is 10.6 Å². The van der Waals surface area contributed by atoms with E-state index in [9.17, 15) is 13.2 Å². The third-order valence-corrected chi connectivity index (χ3v) is 4.04. The monoisotopic (exact) mass is 288 g/mol. The van der Waals surface area contributed by atoms with Gasteiger partial charge in [0.05, 0.1) is 0 Å². The van der Waals surface area contributed by atoms with Crippen LogP contribution in [0.5, 0.6) is 0 Å². The number of nitrogens with zero attached hydrogens (tertiary/aromatic N) is 2. The van der Waals surface area contributed by atoms with Gasteiger partial charge in [-0.05, 0) is 24.7 Å². The Kier molecular flexibility index (Phi) is 4.06. The molecule has 1 fully saturated rings. The molecule has 1 aromatic heterocycles. The number of aromatic nitrogens is 2. The van der Waals surface area contributed by atoms with Gasteiger partial charge in [-0.2, -0.15) is 18.2 Å². The second kappa shape index (κ2) is 5.46. The smallest absolute Gasteiger partial charge is 0.367 e. The predicted octanol–water partition coefficient (Wildman–Crippen LogP) is 3.38. The fourth-order valence-electron chi connectivity index (χ4n) is 2.54. The summed E-state index contributed by atoms with van der Waals surface area (Å²) in [5.74, 6) is 1.18. The molecule has 2 N–H and O–H groups in total. The Labute approximate surface area is 116 Å². The summed E-state index contributed by atoms with van der Waals surface area (Å²) in [7, 11) is 1.50. The highest BCUT2D eigenvalue weighted by molar-refractivity contribution is 5.44. The molecule has 112 valence electrons. The molecular weight excluding hydrogens is 269 g/mol. The largest absolute Gasteiger partial charge is 0.433 e. The number of halogens is 3. The summed E-state index contributed by atoms with van der Waals surface area (Å²) < 4.78 is 38.4. The summed E-state index contributed by atoms with van der Waals surface area (Å²) in [5.41, 5.74) is -0.932. The van der Waals surface area contributed by atoms with Crippen LogP contribution >= 0.6 is 0 Å². The second-order valence-corrected chi connectivity index (χ2v) is 5.37. The Bertz CT molecular complexity index is 475. The summed E-state index contributed by atoms with van der Waals surface area (Å²) in [4.78, 5) is 7.50. The maximum Gasteiger partial charge on any atom is 0.433 e. The normalized spacial score (nSPS) is 26.6. The van der Waals surface area contributed by atoms with Gasteiger partial charge in [-0.15, -0.1) is 0 Å². The minimum atomic E-state index is -4.47. The van der Waals surface area contributed by atoms with Crippen LogP contribution in [-0.4, -0.2) is 23.1 Å². The van der Waals surface area contributed by atoms with Gasteiger partial charge < -0.3 is 10.6 Å². The third kappa shape index (κ3) is 3.13. The van der Waals surface area contributed by atoms with Crippen molar-refractivity contribution < 1.29 is 13.2 Å². The number of anilines is 2. The van der Waals surface area contributed by atoms with E-state index < -0.39 is 11.9 Å². The molecule has 0 aromatic carbocycles. The number of hydrogen-bond acceptors (Lipinski definition) is 4. The van der Waals surface area contributed by atoms with Crippen molar-refractivity contribution in [1.29, 1.82) is 0 Å². The highest BCUT2D eigenvalue weighted by Crippen LogP contribution is 2.34. The first-order valence-electron chi connectivity index (χ1n) is 6.72. The number of rotatable bonds is 3. The quantitative estimate of drug-likeness (QED) is 0.895. The molecule has 2 rings (SSSR count). The molecule has 20 heavy (non-hydrogen) atoms. The van der Waals surface area contributed by atoms with Crippen LogP contribution in [0.2, 0.25) is 0 Å². The molecular formula is C13H19F3N4. The van der Waals surface area contributed by atoms with Crippen molar-refractivity contribution in [2.24, 2.45) is 11.8 Å². The van der Waals surface area contributed by atoms with Crippen molar-refractivity contribution in [1.82, 2.24) is 9.97 Å². The first-order chi connectivity index (χ1) is 9.31. The molecule has 0 bridgehead atoms. The minimum absolute atomic E-state index is 0.0268. The summed E-state index contributed by atoms with van der Waals surface area (Å²) in [6.07, 6.45) is -2.45. The van der Waals surface area contributed by atoms with Gasteiger partial charge in [0.2, 0.25) is 5.95 Å². The van der Waals surface area contributed by atoms with Crippen LogP contribution in [0.3, 0.4) is 0 Å². The van der Waals surface area contributed by atoms with E-state index in [4.69, 9.17) is 0 Å². The van der Waals surface area contributed by atoms with E-state index in [1.807, 2.05) is 0 Å². The van der Waals surface area contributed by atoms with E-state index in [-0.39, 0.29) is 17.8 Å². The zero-order valence-electron chi connectivity index (χ0n) is 11.8. The van der Waals surface area contributed by atoms with Gasteiger partial charge in [-0.1, -0.05) is 13.8 Å². The fourth-order valence-corrected chi connectivity index (χ4v) is 2.54. The van der Waals surface area contributed by atoms with Crippen molar-refractivity contribution in [3.63, 3.8) is 0 Å². The van der Waals surface area contributed by atoms with Gasteiger partial charge in [-0.3, -0.25) is 0 Å². The summed E-state index contributed by atoms with van der Waals surface area (Å²) in [6, 6.07) is 1.13. The maximum atomic E-state index is 12.8. The van der Waals surface area contributed by atoms with Crippen LogP contribution in [0, 0.1) is 11.8 Å². The Morgan fingerprint density at radius 2 is 1.90 bits per heavy atom. The van der Waals surface area contributed by atoms with E-state index >= 15 is 0 Å². The first kappa shape index (κ1) is 14.9. The van der Waals surface area contributed by atoms with Gasteiger partial charge in [0.15, 0.2) is 5.69 Å². The minimum Gasteiger partial charge on any atom is -0.367 e. The Morgan fingerprint density at radius 1 is 1.20 bits per heavy atom. The molecule has 4 nitrogen and oxygen atoms in total. The molecule has 0 spiro atoms. The number of nitrogens with one attached hydrogen (secondary N) is 2. The first-order valence-corrected chi connectivity index (χ1v) is 6.72. The van der Waals surface area contributed by atoms with E-state index in [0.29, 0.717) is 11.8 Å². The zero-order valence-corrected chi connectivity index (χ0v) is 11.8. The summed E-state index contributed by atoms with van der Waals surface area (Å²) in [5, 5.41) is 5.68. The summed E-state index contributed by atoms with van der Waals surface area (Å²) in [6.45, 7) is 4.27. The molecule has 0 radical (unpaired) electrons. The van der Waals surface area contributed by atoms with Crippen LogP contribution in [0.1, 0.15) is 32.4 Å². The highest BCUT2D eigenvalue weighted by atomic mass is 19.4. The van der Waals surface area contributed by atoms with Gasteiger partial charge >= 0.3 is 6.18 Å². The molecule has 3 unspecified atom stereocenters. The van der Waals surface area contributed by atoms with Crippen LogP contribution in [-0.2, 0) is 6.18 Å². The molecule has 1 aliphatic carbocycles. The van der Waals surface area contributed by atoms with Gasteiger partial charge in [-0.25, -0.2) is 4.98 Å². The maximum absolute atomic E-state index is 12.8. The second-order valence-electron chi connectivity index (χ2n) is 5.37. The molecule has 3 atom stereocenters. The lowest BCUT2D eigenvalue weighted by molar-refractivity contribution is -0.141. The molecule has 1 aromatic rings. The van der Waals surface area contributed by atoms with Crippen LogP contribution in [0.4, 0.5) is 24.9 Å². The third-order valence-electron chi connectivity index (χ3n) is 4.04. The molecule has 0 saturated heterocycles. The van der Waals surface area contributed by atoms with E-state index in [1.165, 1.54) is 7.05 Å². The van der Waals surface area contributed by atoms with Gasteiger partial charge in [0.1, 0.15) is 5.82 Å². The zero-order chi connectivity index (χ0) is 14.9.